The first-order chi connectivity index (χ1) is 11.7. The molecule has 1 amide bonds. The molecule has 0 aliphatic carbocycles. The minimum Gasteiger partial charge on any atom is -0.325 e. The van der Waals surface area contributed by atoms with Crippen LogP contribution < -0.4 is 10.0 Å². The molecule has 8 heteroatoms. The number of rotatable bonds is 3. The summed E-state index contributed by atoms with van der Waals surface area (Å²) in [4.78, 5) is 12.7. The number of benzene rings is 2. The van der Waals surface area contributed by atoms with Crippen LogP contribution in [0, 0.1) is 12.7 Å². The van der Waals surface area contributed by atoms with Gasteiger partial charge in [0, 0.05) is 16.6 Å². The molecule has 5 nitrogen and oxygen atoms in total. The van der Waals surface area contributed by atoms with E-state index < -0.39 is 15.8 Å². The number of carbonyl (C=O) groups excluding carboxylic acids is 1. The maximum Gasteiger partial charge on any atom is 0.261 e. The second kappa shape index (κ2) is 6.68. The first-order valence-electron chi connectivity index (χ1n) is 7.64. The van der Waals surface area contributed by atoms with Crippen molar-refractivity contribution in [1.82, 2.24) is 0 Å². The predicted molar refractivity (Wildman–Crippen MR) is 97.0 cm³/mol. The number of hydrogen-bond donors (Lipinski definition) is 2. The second-order valence-electron chi connectivity index (χ2n) is 5.91. The van der Waals surface area contributed by atoms with Crippen LogP contribution in [0.4, 0.5) is 15.8 Å². The number of sulfonamides is 1. The summed E-state index contributed by atoms with van der Waals surface area (Å²) in [5, 5.41) is 2.84. The number of aryl methyl sites for hydroxylation is 1. The molecule has 0 radical (unpaired) electrons. The van der Waals surface area contributed by atoms with Gasteiger partial charge in [-0.2, -0.15) is 0 Å². The molecule has 0 saturated heterocycles. The summed E-state index contributed by atoms with van der Waals surface area (Å²) < 4.78 is 41.1. The summed E-state index contributed by atoms with van der Waals surface area (Å²) in [6.45, 7) is 3.54. The van der Waals surface area contributed by atoms with Gasteiger partial charge in [-0.3, -0.25) is 9.52 Å². The molecule has 0 aromatic heterocycles. The van der Waals surface area contributed by atoms with Gasteiger partial charge in [0.2, 0.25) is 5.91 Å². The van der Waals surface area contributed by atoms with Gasteiger partial charge < -0.3 is 5.32 Å². The Hall–Kier alpha value is -2.06. The van der Waals surface area contributed by atoms with Gasteiger partial charge in [0.05, 0.1) is 16.3 Å². The van der Waals surface area contributed by atoms with Crippen molar-refractivity contribution in [2.75, 3.05) is 10.0 Å². The van der Waals surface area contributed by atoms with Crippen molar-refractivity contribution < 1.29 is 17.6 Å². The van der Waals surface area contributed by atoms with Crippen molar-refractivity contribution in [3.63, 3.8) is 0 Å². The van der Waals surface area contributed by atoms with Crippen molar-refractivity contribution in [1.29, 1.82) is 0 Å². The van der Waals surface area contributed by atoms with Crippen molar-refractivity contribution in [3.8, 4) is 0 Å². The van der Waals surface area contributed by atoms with Crippen LogP contribution in [0.25, 0.3) is 0 Å². The van der Waals surface area contributed by atoms with E-state index in [9.17, 15) is 17.6 Å². The number of fused-ring (bicyclic) bond motifs is 1. The van der Waals surface area contributed by atoms with E-state index in [0.29, 0.717) is 17.7 Å². The van der Waals surface area contributed by atoms with Crippen LogP contribution in [0.1, 0.15) is 18.9 Å². The highest BCUT2D eigenvalue weighted by molar-refractivity contribution is 8.00. The second-order valence-corrected chi connectivity index (χ2v) is 9.07. The zero-order valence-electron chi connectivity index (χ0n) is 13.7. The van der Waals surface area contributed by atoms with Crippen LogP contribution in [-0.4, -0.2) is 19.6 Å². The lowest BCUT2D eigenvalue weighted by atomic mass is 10.2. The fourth-order valence-electron chi connectivity index (χ4n) is 2.47. The molecule has 0 spiro atoms. The Balaban J connectivity index is 1.92. The minimum atomic E-state index is -3.90. The van der Waals surface area contributed by atoms with E-state index in [1.54, 1.807) is 13.0 Å². The van der Waals surface area contributed by atoms with Gasteiger partial charge in [-0.1, -0.05) is 13.0 Å². The zero-order valence-corrected chi connectivity index (χ0v) is 15.3. The monoisotopic (exact) mass is 380 g/mol. The Morgan fingerprint density at radius 3 is 2.72 bits per heavy atom. The van der Waals surface area contributed by atoms with E-state index in [4.69, 9.17) is 0 Å². The molecule has 3 rings (SSSR count). The normalized spacial score (nSPS) is 17.4. The van der Waals surface area contributed by atoms with E-state index in [-0.39, 0.29) is 21.7 Å². The standard InChI is InChI=1S/C17H17FN2O3S2/c1-10-3-4-12(8-14(10)18)20-25(22,23)13-5-6-16-15(9-13)19-17(21)7-11(2)24-16/h3-6,8-9,11,20H,7H2,1-2H3,(H,19,21). The molecule has 1 unspecified atom stereocenters. The van der Waals surface area contributed by atoms with Crippen molar-refractivity contribution >= 4 is 39.1 Å². The largest absolute Gasteiger partial charge is 0.325 e. The molecule has 2 N–H and O–H groups in total. The maximum atomic E-state index is 13.6. The third-order valence-electron chi connectivity index (χ3n) is 3.76. The summed E-state index contributed by atoms with van der Waals surface area (Å²) in [5.74, 6) is -0.637. The highest BCUT2D eigenvalue weighted by Crippen LogP contribution is 2.36. The van der Waals surface area contributed by atoms with E-state index in [2.05, 4.69) is 10.0 Å². The Morgan fingerprint density at radius 2 is 2.00 bits per heavy atom. The Kier molecular flexibility index (Phi) is 4.75. The van der Waals surface area contributed by atoms with Crippen LogP contribution in [0.5, 0.6) is 0 Å². The van der Waals surface area contributed by atoms with Gasteiger partial charge in [-0.15, -0.1) is 11.8 Å². The van der Waals surface area contributed by atoms with Gasteiger partial charge in [0.15, 0.2) is 0 Å². The van der Waals surface area contributed by atoms with Crippen molar-refractivity contribution in [3.05, 3.63) is 47.8 Å². The van der Waals surface area contributed by atoms with Gasteiger partial charge in [0.1, 0.15) is 5.82 Å². The summed E-state index contributed by atoms with van der Waals surface area (Å²) in [7, 11) is -3.90. The van der Waals surface area contributed by atoms with Crippen LogP contribution in [0.15, 0.2) is 46.2 Å². The lowest BCUT2D eigenvalue weighted by Gasteiger charge is -2.12. The predicted octanol–water partition coefficient (Wildman–Crippen LogP) is 3.76. The molecule has 1 aliphatic rings. The zero-order chi connectivity index (χ0) is 18.2. The molecule has 1 heterocycles. The number of carbonyl (C=O) groups is 1. The number of hydrogen-bond acceptors (Lipinski definition) is 4. The third kappa shape index (κ3) is 3.96. The van der Waals surface area contributed by atoms with Gasteiger partial charge >= 0.3 is 0 Å². The number of halogens is 1. The molecule has 25 heavy (non-hydrogen) atoms. The highest BCUT2D eigenvalue weighted by atomic mass is 32.2. The van der Waals surface area contributed by atoms with Crippen LogP contribution >= 0.6 is 11.8 Å². The van der Waals surface area contributed by atoms with Crippen molar-refractivity contribution in [2.45, 2.75) is 35.3 Å². The molecular weight excluding hydrogens is 363 g/mol. The lowest BCUT2D eigenvalue weighted by molar-refractivity contribution is -0.116. The summed E-state index contributed by atoms with van der Waals surface area (Å²) in [6.07, 6.45) is 0.363. The number of anilines is 2. The molecule has 2 aromatic carbocycles. The Bertz CT molecular complexity index is 945. The van der Waals surface area contributed by atoms with Gasteiger partial charge in [0.25, 0.3) is 10.0 Å². The van der Waals surface area contributed by atoms with Crippen molar-refractivity contribution in [2.24, 2.45) is 0 Å². The summed E-state index contributed by atoms with van der Waals surface area (Å²) in [5.41, 5.74) is 1.05. The van der Waals surface area contributed by atoms with Gasteiger partial charge in [-0.25, -0.2) is 12.8 Å². The molecule has 132 valence electrons. The fraction of sp³-hybridized carbons (Fsp3) is 0.235. The van der Waals surface area contributed by atoms with E-state index in [1.165, 1.54) is 36.0 Å². The first-order valence-corrected chi connectivity index (χ1v) is 10.0. The Labute approximate surface area is 150 Å². The van der Waals surface area contributed by atoms with Gasteiger partial charge in [-0.05, 0) is 42.8 Å². The van der Waals surface area contributed by atoms with Crippen LogP contribution in [0.2, 0.25) is 0 Å². The van der Waals surface area contributed by atoms with Crippen LogP contribution in [0.3, 0.4) is 0 Å². The van der Waals surface area contributed by atoms with E-state index in [0.717, 1.165) is 11.0 Å². The lowest BCUT2D eigenvalue weighted by Crippen LogP contribution is -2.15. The van der Waals surface area contributed by atoms with E-state index in [1.807, 2.05) is 6.92 Å². The topological polar surface area (TPSA) is 75.3 Å². The molecular formula is C17H17FN2O3S2. The fourth-order valence-corrected chi connectivity index (χ4v) is 4.59. The maximum absolute atomic E-state index is 13.6. The first kappa shape index (κ1) is 17.8. The third-order valence-corrected chi connectivity index (χ3v) is 6.32. The molecule has 2 aromatic rings. The average molecular weight is 380 g/mol. The smallest absolute Gasteiger partial charge is 0.261 e. The molecule has 1 atom stereocenters. The molecule has 0 saturated carbocycles. The molecule has 1 aliphatic heterocycles. The Morgan fingerprint density at radius 1 is 1.24 bits per heavy atom. The highest BCUT2D eigenvalue weighted by Gasteiger charge is 2.22. The number of nitrogens with one attached hydrogen (secondary N) is 2. The number of amides is 1. The summed E-state index contributed by atoms with van der Waals surface area (Å²) in [6, 6.07) is 8.71. The van der Waals surface area contributed by atoms with E-state index >= 15 is 0 Å². The SMILES string of the molecule is Cc1ccc(NS(=O)(=O)c2ccc3c(c2)NC(=O)CC(C)S3)cc1F. The minimum absolute atomic E-state index is 0.00249. The summed E-state index contributed by atoms with van der Waals surface area (Å²) >= 11 is 1.52. The number of thioether (sulfide) groups is 1. The molecule has 0 bridgehead atoms. The van der Waals surface area contributed by atoms with Crippen LogP contribution in [-0.2, 0) is 14.8 Å². The molecule has 0 fully saturated rings. The average Bonchev–Trinajstić information content (AvgIpc) is 2.66. The quantitative estimate of drug-likeness (QED) is 0.850.